The summed E-state index contributed by atoms with van der Waals surface area (Å²) in [5.41, 5.74) is 1.07. The van der Waals surface area contributed by atoms with Crippen LogP contribution in [0.15, 0.2) is 29.1 Å². The van der Waals surface area contributed by atoms with Crippen molar-refractivity contribution in [2.24, 2.45) is 0 Å². The van der Waals surface area contributed by atoms with Gasteiger partial charge in [-0.3, -0.25) is 4.79 Å². The van der Waals surface area contributed by atoms with Gasteiger partial charge in [-0.2, -0.15) is 23.7 Å². The van der Waals surface area contributed by atoms with E-state index < -0.39 is 18.5 Å². The summed E-state index contributed by atoms with van der Waals surface area (Å²) < 4.78 is 31.9. The monoisotopic (exact) mass is 415 g/mol. The van der Waals surface area contributed by atoms with Gasteiger partial charge in [-0.05, 0) is 19.1 Å². The Bertz CT molecular complexity index is 735. The van der Waals surface area contributed by atoms with Gasteiger partial charge in [-0.15, -0.1) is 6.07 Å². The van der Waals surface area contributed by atoms with Gasteiger partial charge >= 0.3 is 0 Å². The molecule has 2 rings (SSSR count). The maximum atomic E-state index is 12.8. The maximum absolute atomic E-state index is 12.8. The smallest absolute Gasteiger partial charge is 0.256 e. The van der Waals surface area contributed by atoms with E-state index in [0.29, 0.717) is 17.9 Å². The molecule has 0 saturated carbocycles. The van der Waals surface area contributed by atoms with E-state index in [0.717, 1.165) is 10.1 Å². The predicted molar refractivity (Wildman–Crippen MR) is 81.9 cm³/mol. The molecule has 0 spiro atoms. The quantitative estimate of drug-likeness (QED) is 0.693. The van der Waals surface area contributed by atoms with Gasteiger partial charge in [0, 0.05) is 37.7 Å². The molecule has 0 unspecified atom stereocenters. The van der Waals surface area contributed by atoms with Crippen molar-refractivity contribution in [1.29, 1.82) is 0 Å². The van der Waals surface area contributed by atoms with Gasteiger partial charge in [0.15, 0.2) is 0 Å². The van der Waals surface area contributed by atoms with E-state index in [9.17, 15) is 13.6 Å². The number of aryl methyl sites for hydroxylation is 1. The van der Waals surface area contributed by atoms with Gasteiger partial charge in [0.25, 0.3) is 6.43 Å². The first kappa shape index (κ1) is 20.3. The summed E-state index contributed by atoms with van der Waals surface area (Å²) in [6.45, 7) is 3.49. The van der Waals surface area contributed by atoms with Crippen LogP contribution in [-0.4, -0.2) is 17.6 Å². The van der Waals surface area contributed by atoms with Gasteiger partial charge in [-0.1, -0.05) is 23.7 Å². The van der Waals surface area contributed by atoms with E-state index >= 15 is 0 Å². The molecule has 0 saturated heterocycles. The van der Waals surface area contributed by atoms with Crippen molar-refractivity contribution in [2.75, 3.05) is 6.61 Å². The Hall–Kier alpha value is -0.776. The minimum absolute atomic E-state index is 0. The first-order valence-electron chi connectivity index (χ1n) is 6.77. The largest absolute Gasteiger partial charge is 0.494 e. The van der Waals surface area contributed by atoms with Crippen LogP contribution in [0, 0.1) is 13.0 Å². The van der Waals surface area contributed by atoms with Crippen molar-refractivity contribution >= 4 is 11.6 Å². The number of alkyl halides is 2. The Morgan fingerprint density at radius 2 is 2.09 bits per heavy atom. The summed E-state index contributed by atoms with van der Waals surface area (Å²) in [5, 5.41) is -0.131. The van der Waals surface area contributed by atoms with E-state index in [-0.39, 0.29) is 43.4 Å². The van der Waals surface area contributed by atoms with Crippen LogP contribution in [-0.2, 0) is 39.3 Å². The number of ether oxygens (including phenoxy) is 1. The van der Waals surface area contributed by atoms with Crippen LogP contribution >= 0.6 is 11.6 Å². The molecule has 7 heteroatoms. The molecule has 1 heterocycles. The summed E-state index contributed by atoms with van der Waals surface area (Å²) in [6, 6.07) is 9.36. The van der Waals surface area contributed by atoms with Crippen LogP contribution in [0.1, 0.15) is 12.5 Å². The summed E-state index contributed by atoms with van der Waals surface area (Å²) in [6.07, 6.45) is -2.66. The minimum Gasteiger partial charge on any atom is -0.494 e. The number of hydrogen-bond acceptors (Lipinski definition) is 2. The van der Waals surface area contributed by atoms with Crippen LogP contribution in [0.4, 0.5) is 8.78 Å². The number of halogens is 3. The Morgan fingerprint density at radius 1 is 1.39 bits per heavy atom. The second-order valence-electron chi connectivity index (χ2n) is 4.70. The molecule has 3 nitrogen and oxygen atoms in total. The van der Waals surface area contributed by atoms with Crippen molar-refractivity contribution in [2.45, 2.75) is 26.8 Å². The van der Waals surface area contributed by atoms with Crippen molar-refractivity contribution < 1.29 is 46.2 Å². The summed E-state index contributed by atoms with van der Waals surface area (Å²) in [4.78, 5) is 12.0. The van der Waals surface area contributed by atoms with Gasteiger partial charge in [0.1, 0.15) is 5.75 Å². The molecule has 1 radical (unpaired) electrons. The van der Waals surface area contributed by atoms with E-state index in [2.05, 4.69) is 6.07 Å². The zero-order valence-electron chi connectivity index (χ0n) is 12.8. The SMILES string of the molecule is CCOc1ccc(-c2[c-]cc(Cl)c(=O)n2CC(F)F)c(C)c1.[Y]. The van der Waals surface area contributed by atoms with Crippen molar-refractivity contribution in [3.8, 4) is 17.0 Å². The first-order chi connectivity index (χ1) is 10.4. The molecule has 0 amide bonds. The third-order valence-corrected chi connectivity index (χ3v) is 3.41. The van der Waals surface area contributed by atoms with E-state index in [1.165, 1.54) is 6.07 Å². The second kappa shape index (κ2) is 8.90. The molecule has 1 aromatic carbocycles. The van der Waals surface area contributed by atoms with Crippen LogP contribution in [0.3, 0.4) is 0 Å². The molecule has 0 aliphatic carbocycles. The molecule has 0 bridgehead atoms. The average molecular weight is 416 g/mol. The molecular weight excluding hydrogens is 401 g/mol. The molecule has 1 aromatic heterocycles. The molecule has 0 aliphatic rings. The number of pyridine rings is 1. The standard InChI is InChI=1S/C16H15ClF2NO2.Y/c1-3-22-11-4-5-12(10(2)8-11)14-7-6-13(17)16(21)20(14)9-15(18)19;/h4-6,8,15H,3,9H2,1-2H3;/q-1;. The summed E-state index contributed by atoms with van der Waals surface area (Å²) in [7, 11) is 0. The molecule has 0 atom stereocenters. The van der Waals surface area contributed by atoms with Gasteiger partial charge in [0.2, 0.25) is 5.56 Å². The maximum Gasteiger partial charge on any atom is 0.256 e. The van der Waals surface area contributed by atoms with Crippen LogP contribution in [0.25, 0.3) is 11.3 Å². The van der Waals surface area contributed by atoms with Crippen molar-refractivity contribution in [3.63, 3.8) is 0 Å². The second-order valence-corrected chi connectivity index (χ2v) is 5.11. The number of nitrogens with zero attached hydrogens (tertiary/aromatic N) is 1. The van der Waals surface area contributed by atoms with Crippen molar-refractivity contribution in [1.82, 2.24) is 4.57 Å². The minimum atomic E-state index is -2.66. The first-order valence-corrected chi connectivity index (χ1v) is 7.14. The van der Waals surface area contributed by atoms with E-state index in [1.807, 2.05) is 13.8 Å². The fourth-order valence-corrected chi connectivity index (χ4v) is 2.35. The van der Waals surface area contributed by atoms with Gasteiger partial charge < -0.3 is 9.30 Å². The number of hydrogen-bond donors (Lipinski definition) is 0. The van der Waals surface area contributed by atoms with Crippen molar-refractivity contribution in [3.05, 3.63) is 51.3 Å². The fourth-order valence-electron chi connectivity index (χ4n) is 2.20. The number of rotatable bonds is 5. The average Bonchev–Trinajstić information content (AvgIpc) is 2.45. The molecule has 2 aromatic rings. The Balaban J connectivity index is 0.00000264. The zero-order chi connectivity index (χ0) is 16.3. The van der Waals surface area contributed by atoms with Gasteiger partial charge in [-0.25, -0.2) is 8.78 Å². The molecule has 23 heavy (non-hydrogen) atoms. The molecule has 0 aliphatic heterocycles. The molecule has 0 fully saturated rings. The Morgan fingerprint density at radius 3 is 2.65 bits per heavy atom. The number of aromatic nitrogens is 1. The molecule has 0 N–H and O–H groups in total. The van der Waals surface area contributed by atoms with Crippen LogP contribution in [0.5, 0.6) is 5.75 Å². The molecular formula is C16H15ClF2NO2Y-. The normalized spacial score (nSPS) is 10.5. The summed E-state index contributed by atoms with van der Waals surface area (Å²) >= 11 is 5.73. The van der Waals surface area contributed by atoms with Crippen LogP contribution < -0.4 is 10.3 Å². The third-order valence-electron chi connectivity index (χ3n) is 3.14. The Labute approximate surface area is 163 Å². The number of benzene rings is 1. The third kappa shape index (κ3) is 4.85. The van der Waals surface area contributed by atoms with Gasteiger partial charge in [0.05, 0.1) is 13.2 Å². The van der Waals surface area contributed by atoms with E-state index in [4.69, 9.17) is 16.3 Å². The predicted octanol–water partition coefficient (Wildman–Crippen LogP) is 3.94. The Kier molecular flexibility index (Phi) is 7.85. The topological polar surface area (TPSA) is 31.2 Å². The fraction of sp³-hybridized carbons (Fsp3) is 0.312. The van der Waals surface area contributed by atoms with Crippen LogP contribution in [0.2, 0.25) is 5.02 Å². The van der Waals surface area contributed by atoms with E-state index in [1.54, 1.807) is 18.2 Å². The zero-order valence-corrected chi connectivity index (χ0v) is 16.4. The molecule has 121 valence electrons. The summed E-state index contributed by atoms with van der Waals surface area (Å²) in [5.74, 6) is 0.681.